The van der Waals surface area contributed by atoms with Gasteiger partial charge in [-0.3, -0.25) is 4.79 Å². The Hall–Kier alpha value is -1.84. The van der Waals surface area contributed by atoms with E-state index in [1.807, 2.05) is 11.0 Å². The summed E-state index contributed by atoms with van der Waals surface area (Å²) in [4.78, 5) is 13.3. The van der Waals surface area contributed by atoms with Crippen molar-refractivity contribution < 1.29 is 4.79 Å². The first kappa shape index (κ1) is 15.5. The summed E-state index contributed by atoms with van der Waals surface area (Å²) in [6.45, 7) is 7.52. The molecule has 21 heavy (non-hydrogen) atoms. The molecule has 0 saturated carbocycles. The zero-order chi connectivity index (χ0) is 15.6. The fraction of sp³-hybridized carbons (Fsp3) is 0.529. The number of hydrogen-bond donors (Lipinski definition) is 2. The smallest absolute Gasteiger partial charge is 0.219 e. The van der Waals surface area contributed by atoms with Crippen molar-refractivity contribution in [3.8, 4) is 0 Å². The lowest BCUT2D eigenvalue weighted by molar-refractivity contribution is -0.129. The predicted molar refractivity (Wildman–Crippen MR) is 87.1 cm³/mol. The van der Waals surface area contributed by atoms with E-state index in [1.165, 1.54) is 17.3 Å². The van der Waals surface area contributed by atoms with Crippen molar-refractivity contribution in [3.63, 3.8) is 0 Å². The summed E-state index contributed by atoms with van der Waals surface area (Å²) in [7, 11) is 0. The molecule has 1 aliphatic heterocycles. The van der Waals surface area contributed by atoms with Crippen molar-refractivity contribution in [3.05, 3.63) is 28.8 Å². The summed E-state index contributed by atoms with van der Waals surface area (Å²) < 4.78 is 0. The highest BCUT2D eigenvalue weighted by molar-refractivity contribution is 5.87. The van der Waals surface area contributed by atoms with Gasteiger partial charge in [-0.15, -0.1) is 0 Å². The average molecular weight is 287 g/mol. The van der Waals surface area contributed by atoms with E-state index in [9.17, 15) is 4.79 Å². The molecule has 0 bridgehead atoms. The van der Waals surface area contributed by atoms with Crippen LogP contribution >= 0.6 is 0 Å². The number of likely N-dealkylation sites (tertiary alicyclic amines) is 1. The van der Waals surface area contributed by atoms with Gasteiger partial charge in [-0.1, -0.05) is 19.9 Å². The second-order valence-electron chi connectivity index (χ2n) is 6.19. The lowest BCUT2D eigenvalue weighted by Crippen LogP contribution is -2.36. The minimum Gasteiger partial charge on any atom is -0.398 e. The molecule has 1 aromatic rings. The van der Waals surface area contributed by atoms with Gasteiger partial charge in [0.25, 0.3) is 0 Å². The van der Waals surface area contributed by atoms with Gasteiger partial charge >= 0.3 is 0 Å². The van der Waals surface area contributed by atoms with E-state index in [1.54, 1.807) is 6.92 Å². The summed E-state index contributed by atoms with van der Waals surface area (Å²) in [5.41, 5.74) is 10.1. The summed E-state index contributed by atoms with van der Waals surface area (Å²) in [5, 5.41) is 7.66. The number of nitrogen functional groups attached to an aromatic ring is 1. The zero-order valence-electron chi connectivity index (χ0n) is 13.1. The summed E-state index contributed by atoms with van der Waals surface area (Å²) in [6, 6.07) is 4.19. The average Bonchev–Trinajstić information content (AvgIpc) is 2.46. The lowest BCUT2D eigenvalue weighted by Gasteiger charge is -2.32. The number of nitrogens with zero attached hydrogens (tertiary/aromatic N) is 1. The van der Waals surface area contributed by atoms with E-state index in [0.29, 0.717) is 17.5 Å². The Labute approximate surface area is 126 Å². The van der Waals surface area contributed by atoms with E-state index in [2.05, 4.69) is 19.9 Å². The number of anilines is 1. The lowest BCUT2D eigenvalue weighted by atomic mass is 9.83. The number of nitrogens with one attached hydrogen (secondary N) is 1. The summed E-state index contributed by atoms with van der Waals surface area (Å²) in [6.07, 6.45) is 3.26. The van der Waals surface area contributed by atoms with E-state index < -0.39 is 0 Å². The molecule has 0 aromatic heterocycles. The van der Waals surface area contributed by atoms with E-state index >= 15 is 0 Å². The Morgan fingerprint density at radius 3 is 2.48 bits per heavy atom. The van der Waals surface area contributed by atoms with Gasteiger partial charge in [0.2, 0.25) is 5.91 Å². The minimum atomic E-state index is 0.149. The number of carbonyl (C=O) groups excluding carboxylic acids is 1. The van der Waals surface area contributed by atoms with Crippen LogP contribution in [0.25, 0.3) is 0 Å². The summed E-state index contributed by atoms with van der Waals surface area (Å²) >= 11 is 0. The fourth-order valence-corrected chi connectivity index (χ4v) is 3.07. The van der Waals surface area contributed by atoms with Crippen molar-refractivity contribution in [2.24, 2.45) is 0 Å². The molecule has 1 fully saturated rings. The number of amides is 1. The molecule has 2 rings (SSSR count). The number of nitrogens with two attached hydrogens (primary N) is 1. The molecular weight excluding hydrogens is 262 g/mol. The zero-order valence-corrected chi connectivity index (χ0v) is 13.1. The molecule has 4 nitrogen and oxygen atoms in total. The molecule has 1 amide bonds. The normalized spacial score (nSPS) is 16.3. The number of rotatable bonds is 3. The van der Waals surface area contributed by atoms with Crippen LogP contribution in [0.15, 0.2) is 12.1 Å². The SMILES string of the molecule is CC(=O)N1CCC(c2cc(C(C)C)cc(N)c2C=N)CC1. The highest BCUT2D eigenvalue weighted by atomic mass is 16.2. The van der Waals surface area contributed by atoms with E-state index in [4.69, 9.17) is 11.1 Å². The first-order valence-corrected chi connectivity index (χ1v) is 7.63. The van der Waals surface area contributed by atoms with Crippen LogP contribution in [0.1, 0.15) is 62.1 Å². The molecule has 0 unspecified atom stereocenters. The topological polar surface area (TPSA) is 70.2 Å². The Kier molecular flexibility index (Phi) is 4.66. The van der Waals surface area contributed by atoms with Crippen molar-refractivity contribution >= 4 is 17.8 Å². The monoisotopic (exact) mass is 287 g/mol. The van der Waals surface area contributed by atoms with Gasteiger partial charge in [-0.25, -0.2) is 0 Å². The molecule has 3 N–H and O–H groups in total. The number of hydrogen-bond acceptors (Lipinski definition) is 3. The number of carbonyl (C=O) groups is 1. The van der Waals surface area contributed by atoms with Crippen molar-refractivity contribution in [2.75, 3.05) is 18.8 Å². The summed E-state index contributed by atoms with van der Waals surface area (Å²) in [5.74, 6) is 0.956. The molecule has 114 valence electrons. The Morgan fingerprint density at radius 1 is 1.38 bits per heavy atom. The van der Waals surface area contributed by atoms with Gasteiger partial charge in [-0.2, -0.15) is 0 Å². The van der Waals surface area contributed by atoms with Crippen LogP contribution in [0.3, 0.4) is 0 Å². The van der Waals surface area contributed by atoms with Gasteiger partial charge in [-0.05, 0) is 41.9 Å². The maximum absolute atomic E-state index is 11.4. The third kappa shape index (κ3) is 3.26. The van der Waals surface area contributed by atoms with Gasteiger partial charge < -0.3 is 16.0 Å². The molecule has 0 spiro atoms. The van der Waals surface area contributed by atoms with Crippen LogP contribution in [-0.2, 0) is 4.79 Å². The maximum Gasteiger partial charge on any atom is 0.219 e. The number of piperidine rings is 1. The van der Waals surface area contributed by atoms with Crippen molar-refractivity contribution in [1.29, 1.82) is 5.41 Å². The van der Waals surface area contributed by atoms with Gasteiger partial charge in [0.05, 0.1) is 0 Å². The fourth-order valence-electron chi connectivity index (χ4n) is 3.07. The standard InChI is InChI=1S/C17H25N3O/c1-11(2)14-8-15(16(10-18)17(19)9-14)13-4-6-20(7-5-13)12(3)21/h8-11,13,18H,4-7,19H2,1-3H3. The van der Waals surface area contributed by atoms with Crippen LogP contribution in [0.4, 0.5) is 5.69 Å². The van der Waals surface area contributed by atoms with Gasteiger partial charge in [0.1, 0.15) is 0 Å². The van der Waals surface area contributed by atoms with Crippen LogP contribution in [-0.4, -0.2) is 30.1 Å². The molecule has 0 radical (unpaired) electrons. The molecule has 4 heteroatoms. The third-order valence-corrected chi connectivity index (χ3v) is 4.46. The Morgan fingerprint density at radius 2 is 2.00 bits per heavy atom. The van der Waals surface area contributed by atoms with Crippen LogP contribution in [0, 0.1) is 5.41 Å². The highest BCUT2D eigenvalue weighted by Gasteiger charge is 2.24. The Bertz CT molecular complexity index is 543. The van der Waals surface area contributed by atoms with Crippen LogP contribution < -0.4 is 5.73 Å². The van der Waals surface area contributed by atoms with Crippen molar-refractivity contribution in [2.45, 2.75) is 45.4 Å². The molecular formula is C17H25N3O. The number of benzene rings is 1. The Balaban J connectivity index is 2.30. The molecule has 1 aliphatic rings. The maximum atomic E-state index is 11.4. The highest BCUT2D eigenvalue weighted by Crippen LogP contribution is 2.34. The third-order valence-electron chi connectivity index (χ3n) is 4.46. The van der Waals surface area contributed by atoms with Crippen LogP contribution in [0.5, 0.6) is 0 Å². The van der Waals surface area contributed by atoms with Gasteiger partial charge in [0, 0.05) is 37.5 Å². The molecule has 1 heterocycles. The first-order chi connectivity index (χ1) is 9.93. The van der Waals surface area contributed by atoms with E-state index in [0.717, 1.165) is 31.5 Å². The molecule has 0 aliphatic carbocycles. The quantitative estimate of drug-likeness (QED) is 0.662. The van der Waals surface area contributed by atoms with Gasteiger partial charge in [0.15, 0.2) is 0 Å². The molecule has 1 aromatic carbocycles. The van der Waals surface area contributed by atoms with E-state index in [-0.39, 0.29) is 5.91 Å². The first-order valence-electron chi connectivity index (χ1n) is 7.63. The molecule has 1 saturated heterocycles. The second kappa shape index (κ2) is 6.29. The van der Waals surface area contributed by atoms with Crippen molar-refractivity contribution in [1.82, 2.24) is 4.90 Å². The predicted octanol–water partition coefficient (Wildman–Crippen LogP) is 3.12. The second-order valence-corrected chi connectivity index (χ2v) is 6.19. The van der Waals surface area contributed by atoms with Crippen LogP contribution in [0.2, 0.25) is 0 Å². The minimum absolute atomic E-state index is 0.149. The molecule has 0 atom stereocenters. The largest absolute Gasteiger partial charge is 0.398 e.